The van der Waals surface area contributed by atoms with E-state index in [0.29, 0.717) is 12.8 Å². The highest BCUT2D eigenvalue weighted by atomic mass is 16.5. The molecule has 0 radical (unpaired) electrons. The molecule has 1 amide bonds. The normalized spacial score (nSPS) is 24.9. The molecule has 0 aromatic heterocycles. The van der Waals surface area contributed by atoms with Gasteiger partial charge in [-0.1, -0.05) is 18.2 Å². The number of rotatable bonds is 1. The Bertz CT molecular complexity index is 556. The van der Waals surface area contributed by atoms with Crippen molar-refractivity contribution in [2.45, 2.75) is 31.3 Å². The van der Waals surface area contributed by atoms with Crippen molar-refractivity contribution in [3.8, 4) is 0 Å². The van der Waals surface area contributed by atoms with Gasteiger partial charge in [0.25, 0.3) is 0 Å². The maximum atomic E-state index is 12.4. The quantitative estimate of drug-likeness (QED) is 0.741. The van der Waals surface area contributed by atoms with Crippen LogP contribution in [0.25, 0.3) is 0 Å². The molecule has 0 aliphatic carbocycles. The Morgan fingerprint density at radius 2 is 2.16 bits per heavy atom. The molecule has 3 rings (SSSR count). The number of methoxy groups -OCH3 is 1. The lowest BCUT2D eigenvalue weighted by Crippen LogP contribution is -2.49. The number of nitrogens with zero attached hydrogens (tertiary/aromatic N) is 1. The molecule has 5 heteroatoms. The van der Waals surface area contributed by atoms with Gasteiger partial charge in [0, 0.05) is 6.42 Å². The van der Waals surface area contributed by atoms with Crippen LogP contribution >= 0.6 is 0 Å². The van der Waals surface area contributed by atoms with Gasteiger partial charge in [-0.05, 0) is 24.0 Å². The summed E-state index contributed by atoms with van der Waals surface area (Å²) in [6.07, 6.45) is 1.88. The van der Waals surface area contributed by atoms with E-state index in [1.165, 1.54) is 7.11 Å². The minimum atomic E-state index is -0.571. The van der Waals surface area contributed by atoms with E-state index >= 15 is 0 Å². The van der Waals surface area contributed by atoms with Crippen LogP contribution in [0.3, 0.4) is 0 Å². The van der Waals surface area contributed by atoms with Crippen LogP contribution in [0.1, 0.15) is 17.5 Å². The molecule has 2 atom stereocenters. The summed E-state index contributed by atoms with van der Waals surface area (Å²) in [5.74, 6) is -0.566. The van der Waals surface area contributed by atoms with Gasteiger partial charge in [-0.2, -0.15) is 0 Å². The zero-order valence-electron chi connectivity index (χ0n) is 10.8. The fourth-order valence-corrected chi connectivity index (χ4v) is 2.98. The van der Waals surface area contributed by atoms with Gasteiger partial charge in [0.2, 0.25) is 5.91 Å². The third-order valence-corrected chi connectivity index (χ3v) is 3.92. The highest BCUT2D eigenvalue weighted by molar-refractivity contribution is 6.05. The Balaban J connectivity index is 2.13. The number of anilines is 1. The van der Waals surface area contributed by atoms with Gasteiger partial charge >= 0.3 is 5.97 Å². The number of esters is 1. The summed E-state index contributed by atoms with van der Waals surface area (Å²) >= 11 is 0. The lowest BCUT2D eigenvalue weighted by atomic mass is 10.0. The molecule has 19 heavy (non-hydrogen) atoms. The average molecular weight is 260 g/mol. The molecule has 0 fully saturated rings. The van der Waals surface area contributed by atoms with E-state index < -0.39 is 12.1 Å². The number of nitrogens with two attached hydrogens (primary N) is 1. The van der Waals surface area contributed by atoms with E-state index in [1.54, 1.807) is 4.90 Å². The van der Waals surface area contributed by atoms with Crippen LogP contribution < -0.4 is 10.6 Å². The van der Waals surface area contributed by atoms with E-state index in [0.717, 1.165) is 23.2 Å². The zero-order valence-corrected chi connectivity index (χ0v) is 10.8. The molecule has 0 saturated carbocycles. The highest BCUT2D eigenvalue weighted by Crippen LogP contribution is 2.38. The third kappa shape index (κ3) is 1.73. The Kier molecular flexibility index (Phi) is 2.78. The number of hydrogen-bond acceptors (Lipinski definition) is 4. The fraction of sp³-hybridized carbons (Fsp3) is 0.429. The van der Waals surface area contributed by atoms with Crippen molar-refractivity contribution >= 4 is 17.6 Å². The summed E-state index contributed by atoms with van der Waals surface area (Å²) in [4.78, 5) is 25.8. The van der Waals surface area contributed by atoms with Gasteiger partial charge in [-0.3, -0.25) is 9.69 Å². The molecule has 2 aliphatic rings. The molecule has 2 heterocycles. The molecule has 0 spiro atoms. The SMILES string of the molecule is COC(=O)[C@@H]1Cc2cccc3c2N1C(=O)[C@@H](N)CC3. The Morgan fingerprint density at radius 1 is 1.42 bits per heavy atom. The van der Waals surface area contributed by atoms with Crippen LogP contribution in [-0.4, -0.2) is 31.1 Å². The van der Waals surface area contributed by atoms with Gasteiger partial charge in [0.1, 0.15) is 6.04 Å². The molecule has 2 N–H and O–H groups in total. The van der Waals surface area contributed by atoms with Crippen molar-refractivity contribution in [3.05, 3.63) is 29.3 Å². The lowest BCUT2D eigenvalue weighted by Gasteiger charge is -2.25. The number of amides is 1. The number of ether oxygens (including phenoxy) is 1. The van der Waals surface area contributed by atoms with Crippen molar-refractivity contribution in [2.24, 2.45) is 5.73 Å². The molecule has 5 nitrogen and oxygen atoms in total. The molecular weight excluding hydrogens is 244 g/mol. The molecule has 2 aliphatic heterocycles. The van der Waals surface area contributed by atoms with Crippen LogP contribution in [0.2, 0.25) is 0 Å². The second-order valence-corrected chi connectivity index (χ2v) is 5.02. The summed E-state index contributed by atoms with van der Waals surface area (Å²) < 4.78 is 4.81. The van der Waals surface area contributed by atoms with Gasteiger partial charge < -0.3 is 10.5 Å². The lowest BCUT2D eigenvalue weighted by molar-refractivity contribution is -0.143. The molecule has 1 aromatic carbocycles. The maximum absolute atomic E-state index is 12.4. The molecule has 0 saturated heterocycles. The van der Waals surface area contributed by atoms with Crippen molar-refractivity contribution in [2.75, 3.05) is 12.0 Å². The first kappa shape index (κ1) is 12.2. The fourth-order valence-electron chi connectivity index (χ4n) is 2.98. The van der Waals surface area contributed by atoms with Gasteiger partial charge in [0.05, 0.1) is 18.8 Å². The van der Waals surface area contributed by atoms with Gasteiger partial charge in [0.15, 0.2) is 0 Å². The number of aryl methyl sites for hydroxylation is 1. The number of carbonyl (C=O) groups is 2. The molecule has 100 valence electrons. The number of benzene rings is 1. The van der Waals surface area contributed by atoms with Crippen molar-refractivity contribution in [3.63, 3.8) is 0 Å². The van der Waals surface area contributed by atoms with Gasteiger partial charge in [-0.25, -0.2) is 4.79 Å². The first-order valence-corrected chi connectivity index (χ1v) is 6.40. The van der Waals surface area contributed by atoms with Crippen molar-refractivity contribution < 1.29 is 14.3 Å². The maximum Gasteiger partial charge on any atom is 0.329 e. The largest absolute Gasteiger partial charge is 0.467 e. The smallest absolute Gasteiger partial charge is 0.329 e. The predicted octanol–water partition coefficient (Wildman–Crippen LogP) is 0.391. The minimum Gasteiger partial charge on any atom is -0.467 e. The molecule has 0 unspecified atom stereocenters. The Labute approximate surface area is 111 Å². The second-order valence-electron chi connectivity index (χ2n) is 5.02. The summed E-state index contributed by atoms with van der Waals surface area (Å²) in [5, 5.41) is 0. The van der Waals surface area contributed by atoms with Crippen LogP contribution in [0.15, 0.2) is 18.2 Å². The Hall–Kier alpha value is -1.88. The van der Waals surface area contributed by atoms with E-state index in [4.69, 9.17) is 10.5 Å². The number of para-hydroxylation sites is 1. The van der Waals surface area contributed by atoms with Crippen LogP contribution in [0.4, 0.5) is 5.69 Å². The van der Waals surface area contributed by atoms with Crippen LogP contribution in [0.5, 0.6) is 0 Å². The summed E-state index contributed by atoms with van der Waals surface area (Å²) in [6, 6.07) is 4.80. The molecular formula is C14H16N2O3. The standard InChI is InChI=1S/C14H16N2O3/c1-19-14(18)11-7-9-4-2-3-8-5-6-10(15)13(17)16(11)12(8)9/h2-4,10-11H,5-7,15H2,1H3/t10-,11-/m0/s1. The third-order valence-electron chi connectivity index (χ3n) is 3.92. The topological polar surface area (TPSA) is 72.6 Å². The Morgan fingerprint density at radius 3 is 2.89 bits per heavy atom. The first-order valence-electron chi connectivity index (χ1n) is 6.40. The second kappa shape index (κ2) is 4.35. The predicted molar refractivity (Wildman–Crippen MR) is 69.7 cm³/mol. The van der Waals surface area contributed by atoms with Crippen LogP contribution in [-0.2, 0) is 27.2 Å². The number of hydrogen-bond donors (Lipinski definition) is 1. The first-order chi connectivity index (χ1) is 9.13. The summed E-state index contributed by atoms with van der Waals surface area (Å²) in [5.41, 5.74) is 8.89. The van der Waals surface area contributed by atoms with Crippen molar-refractivity contribution in [1.29, 1.82) is 0 Å². The van der Waals surface area contributed by atoms with E-state index in [-0.39, 0.29) is 11.9 Å². The molecule has 1 aromatic rings. The monoisotopic (exact) mass is 260 g/mol. The van der Waals surface area contributed by atoms with Crippen molar-refractivity contribution in [1.82, 2.24) is 0 Å². The minimum absolute atomic E-state index is 0.181. The summed E-state index contributed by atoms with van der Waals surface area (Å²) in [7, 11) is 1.34. The average Bonchev–Trinajstić information content (AvgIpc) is 2.76. The number of carbonyl (C=O) groups excluding carboxylic acids is 2. The van der Waals surface area contributed by atoms with E-state index in [2.05, 4.69) is 0 Å². The zero-order chi connectivity index (χ0) is 13.6. The highest BCUT2D eigenvalue weighted by Gasteiger charge is 2.43. The van der Waals surface area contributed by atoms with Crippen LogP contribution in [0, 0.1) is 0 Å². The van der Waals surface area contributed by atoms with E-state index in [1.807, 2.05) is 18.2 Å². The van der Waals surface area contributed by atoms with Gasteiger partial charge in [-0.15, -0.1) is 0 Å². The molecule has 0 bridgehead atoms. The van der Waals surface area contributed by atoms with E-state index in [9.17, 15) is 9.59 Å². The summed E-state index contributed by atoms with van der Waals surface area (Å²) in [6.45, 7) is 0.